The summed E-state index contributed by atoms with van der Waals surface area (Å²) in [6, 6.07) is 4.03. The molecule has 3 N–H and O–H groups in total. The number of hydrogen-bond donors (Lipinski definition) is 3. The normalized spacial score (nSPS) is 28.6. The fourth-order valence-electron chi connectivity index (χ4n) is 5.37. The Morgan fingerprint density at radius 1 is 1.15 bits per heavy atom. The standard InChI is InChI=1S/C29H41N5O5/c1-28(2,3)39-27(38)32-22-14-8-6-4-5-7-12-20-18-29(20,26(37)31-19-21-13-9-10-16-30-21)33-24(35)23-15-11-17-34(23)25(22)36/h7,9-10,12-13,16,20,22-23H,4-6,8,11,14-15,17-19H2,1-3H3,(H,31,37)(H,32,38)(H,33,35)/b12-7-/t20-,22-,23-,29+/m0/s1. The molecule has 10 heteroatoms. The van der Waals surface area contributed by atoms with Crippen LogP contribution in [0.15, 0.2) is 36.5 Å². The quantitative estimate of drug-likeness (QED) is 0.505. The van der Waals surface area contributed by atoms with E-state index < -0.39 is 29.3 Å². The highest BCUT2D eigenvalue weighted by Gasteiger charge is 2.60. The molecule has 1 saturated carbocycles. The first kappa shape index (κ1) is 28.6. The summed E-state index contributed by atoms with van der Waals surface area (Å²) < 4.78 is 5.40. The molecule has 2 fully saturated rings. The minimum absolute atomic E-state index is 0.109. The molecule has 3 aliphatic rings. The molecule has 39 heavy (non-hydrogen) atoms. The summed E-state index contributed by atoms with van der Waals surface area (Å²) in [7, 11) is 0. The minimum atomic E-state index is -1.05. The number of hydrogen-bond acceptors (Lipinski definition) is 6. The second kappa shape index (κ2) is 12.2. The number of carbonyl (C=O) groups excluding carboxylic acids is 4. The van der Waals surface area contributed by atoms with Crippen LogP contribution < -0.4 is 16.0 Å². The number of aromatic nitrogens is 1. The second-order valence-corrected chi connectivity index (χ2v) is 11.7. The summed E-state index contributed by atoms with van der Waals surface area (Å²) in [5, 5.41) is 8.71. The summed E-state index contributed by atoms with van der Waals surface area (Å²) in [6.07, 6.45) is 10.7. The lowest BCUT2D eigenvalue weighted by Crippen LogP contribution is -2.57. The molecular formula is C29H41N5O5. The van der Waals surface area contributed by atoms with Crippen LogP contribution in [0, 0.1) is 5.92 Å². The highest BCUT2D eigenvalue weighted by molar-refractivity contribution is 5.98. The molecule has 3 heterocycles. The van der Waals surface area contributed by atoms with Gasteiger partial charge in [0.05, 0.1) is 12.2 Å². The largest absolute Gasteiger partial charge is 0.444 e. The first-order valence-electron chi connectivity index (χ1n) is 14.1. The van der Waals surface area contributed by atoms with Crippen LogP contribution in [0.2, 0.25) is 0 Å². The molecule has 10 nitrogen and oxygen atoms in total. The molecular weight excluding hydrogens is 498 g/mol. The van der Waals surface area contributed by atoms with E-state index in [-0.39, 0.29) is 30.2 Å². The number of nitrogens with one attached hydrogen (secondary N) is 3. The monoisotopic (exact) mass is 539 g/mol. The van der Waals surface area contributed by atoms with Crippen LogP contribution in [0.3, 0.4) is 0 Å². The molecule has 4 rings (SSSR count). The van der Waals surface area contributed by atoms with E-state index in [9.17, 15) is 19.2 Å². The molecule has 212 valence electrons. The first-order valence-corrected chi connectivity index (χ1v) is 14.1. The average Bonchev–Trinajstić information content (AvgIpc) is 3.34. The van der Waals surface area contributed by atoms with E-state index in [1.807, 2.05) is 24.3 Å². The zero-order chi connectivity index (χ0) is 28.0. The molecule has 1 aromatic rings. The van der Waals surface area contributed by atoms with E-state index in [1.165, 1.54) is 0 Å². The van der Waals surface area contributed by atoms with Crippen LogP contribution in [0.1, 0.15) is 77.8 Å². The summed E-state index contributed by atoms with van der Waals surface area (Å²) in [5.41, 5.74) is -1.01. The van der Waals surface area contributed by atoms with Gasteiger partial charge in [-0.25, -0.2) is 4.79 Å². The number of allylic oxidation sites excluding steroid dienone is 1. The highest BCUT2D eigenvalue weighted by Crippen LogP contribution is 2.45. The maximum atomic E-state index is 13.7. The zero-order valence-electron chi connectivity index (χ0n) is 23.2. The van der Waals surface area contributed by atoms with E-state index in [0.29, 0.717) is 32.2 Å². The van der Waals surface area contributed by atoms with Crippen molar-refractivity contribution in [2.45, 2.75) is 102 Å². The van der Waals surface area contributed by atoms with Crippen molar-refractivity contribution in [3.63, 3.8) is 0 Å². The summed E-state index contributed by atoms with van der Waals surface area (Å²) in [4.78, 5) is 59.0. The molecule has 0 radical (unpaired) electrons. The molecule has 2 aliphatic heterocycles. The molecule has 0 unspecified atom stereocenters. The third-order valence-corrected chi connectivity index (χ3v) is 7.48. The second-order valence-electron chi connectivity index (χ2n) is 11.7. The molecule has 4 amide bonds. The molecule has 1 saturated heterocycles. The first-order chi connectivity index (χ1) is 18.6. The van der Waals surface area contributed by atoms with Gasteiger partial charge in [0.15, 0.2) is 0 Å². The van der Waals surface area contributed by atoms with Gasteiger partial charge in [0.25, 0.3) is 0 Å². The number of fused-ring (bicyclic) bond motifs is 2. The maximum absolute atomic E-state index is 13.7. The number of nitrogens with zero attached hydrogens (tertiary/aromatic N) is 2. The van der Waals surface area contributed by atoms with Crippen molar-refractivity contribution in [3.05, 3.63) is 42.2 Å². The summed E-state index contributed by atoms with van der Waals surface area (Å²) in [6.45, 7) is 6.00. The summed E-state index contributed by atoms with van der Waals surface area (Å²) in [5.74, 6) is -0.980. The molecule has 4 atom stereocenters. The number of pyridine rings is 1. The number of amides is 4. The fraction of sp³-hybridized carbons (Fsp3) is 0.621. The number of rotatable bonds is 4. The van der Waals surface area contributed by atoms with Crippen molar-refractivity contribution in [1.82, 2.24) is 25.8 Å². The van der Waals surface area contributed by atoms with Gasteiger partial charge in [-0.1, -0.05) is 31.1 Å². The van der Waals surface area contributed by atoms with Gasteiger partial charge < -0.3 is 25.6 Å². The minimum Gasteiger partial charge on any atom is -0.444 e. The Morgan fingerprint density at radius 2 is 1.97 bits per heavy atom. The highest BCUT2D eigenvalue weighted by atomic mass is 16.6. The lowest BCUT2D eigenvalue weighted by molar-refractivity contribution is -0.141. The molecule has 0 aromatic carbocycles. The van der Waals surface area contributed by atoms with Gasteiger partial charge in [0, 0.05) is 18.7 Å². The topological polar surface area (TPSA) is 130 Å². The van der Waals surface area contributed by atoms with Gasteiger partial charge in [-0.05, 0) is 71.4 Å². The Hall–Kier alpha value is -3.43. The molecule has 0 spiro atoms. The van der Waals surface area contributed by atoms with Crippen LogP contribution in [0.25, 0.3) is 0 Å². The number of alkyl carbamates (subject to hydrolysis) is 1. The third-order valence-electron chi connectivity index (χ3n) is 7.48. The van der Waals surface area contributed by atoms with Gasteiger partial charge >= 0.3 is 6.09 Å². The van der Waals surface area contributed by atoms with Crippen molar-refractivity contribution < 1.29 is 23.9 Å². The lowest BCUT2D eigenvalue weighted by atomic mass is 10.0. The van der Waals surface area contributed by atoms with Gasteiger partial charge in [0.1, 0.15) is 23.2 Å². The van der Waals surface area contributed by atoms with Crippen molar-refractivity contribution in [2.24, 2.45) is 5.92 Å². The Balaban J connectivity index is 1.51. The Bertz CT molecular complexity index is 1090. The van der Waals surface area contributed by atoms with E-state index in [4.69, 9.17) is 4.74 Å². The lowest BCUT2D eigenvalue weighted by Gasteiger charge is -2.30. The van der Waals surface area contributed by atoms with Gasteiger partial charge in [-0.15, -0.1) is 0 Å². The number of ether oxygens (including phenoxy) is 1. The van der Waals surface area contributed by atoms with E-state index in [1.54, 1.807) is 31.9 Å². The van der Waals surface area contributed by atoms with Crippen molar-refractivity contribution in [2.75, 3.05) is 6.54 Å². The predicted molar refractivity (Wildman–Crippen MR) is 145 cm³/mol. The van der Waals surface area contributed by atoms with E-state index in [0.717, 1.165) is 31.4 Å². The van der Waals surface area contributed by atoms with E-state index >= 15 is 0 Å². The van der Waals surface area contributed by atoms with Crippen LogP contribution in [0.5, 0.6) is 0 Å². The van der Waals surface area contributed by atoms with Gasteiger partial charge in [0.2, 0.25) is 17.7 Å². The fourth-order valence-corrected chi connectivity index (χ4v) is 5.37. The Morgan fingerprint density at radius 3 is 2.72 bits per heavy atom. The van der Waals surface area contributed by atoms with Gasteiger partial charge in [-0.3, -0.25) is 19.4 Å². The molecule has 1 aliphatic carbocycles. The molecule has 1 aromatic heterocycles. The van der Waals surface area contributed by atoms with Crippen LogP contribution in [0.4, 0.5) is 4.79 Å². The Kier molecular flexibility index (Phi) is 8.92. The summed E-state index contributed by atoms with van der Waals surface area (Å²) >= 11 is 0. The van der Waals surface area contributed by atoms with Crippen molar-refractivity contribution >= 4 is 23.8 Å². The van der Waals surface area contributed by atoms with Crippen LogP contribution in [-0.2, 0) is 25.7 Å². The van der Waals surface area contributed by atoms with Crippen molar-refractivity contribution in [3.8, 4) is 0 Å². The zero-order valence-corrected chi connectivity index (χ0v) is 23.2. The maximum Gasteiger partial charge on any atom is 0.408 e. The van der Waals surface area contributed by atoms with Crippen LogP contribution >= 0.6 is 0 Å². The smallest absolute Gasteiger partial charge is 0.408 e. The number of carbonyl (C=O) groups is 4. The third kappa shape index (κ3) is 7.36. The molecule has 0 bridgehead atoms. The SMILES string of the molecule is CC(C)(C)OC(=O)N[C@H]1CCCCC/C=C\[C@H]2C[C@@]2(C(=O)NCc2ccccn2)NC(=O)[C@@H]2CCCN2C1=O. The van der Waals surface area contributed by atoms with Crippen LogP contribution in [-0.4, -0.2) is 63.5 Å². The van der Waals surface area contributed by atoms with E-state index in [2.05, 4.69) is 27.0 Å². The average molecular weight is 540 g/mol. The Labute approximate surface area is 230 Å². The van der Waals surface area contributed by atoms with Crippen molar-refractivity contribution in [1.29, 1.82) is 0 Å². The van der Waals surface area contributed by atoms with Gasteiger partial charge in [-0.2, -0.15) is 0 Å². The predicted octanol–water partition coefficient (Wildman–Crippen LogP) is 2.98.